The van der Waals surface area contributed by atoms with Crippen LogP contribution in [0.3, 0.4) is 0 Å². The van der Waals surface area contributed by atoms with Gasteiger partial charge in [0.25, 0.3) is 31.7 Å². The van der Waals surface area contributed by atoms with Gasteiger partial charge in [-0.1, -0.05) is 139 Å². The minimum Gasteiger partial charge on any atom is -0.508 e. The van der Waals surface area contributed by atoms with Crippen LogP contribution in [0.25, 0.3) is 0 Å². The summed E-state index contributed by atoms with van der Waals surface area (Å²) in [5, 5.41) is 65.7. The first-order valence-corrected chi connectivity index (χ1v) is 40.7. The smallest absolute Gasteiger partial charge is 0.359 e. The lowest BCUT2D eigenvalue weighted by atomic mass is 10.1. The number of aliphatic hydroxyl groups is 2. The Balaban J connectivity index is 0.000000251. The normalized spacial score (nSPS) is 15.4. The topological polar surface area (TPSA) is 403 Å². The SMILES string of the molecule is CC(=O)O[C@@H]1C(=O)OC(=O)[C@@H]1OC(C)=O.CCN(Cc1ccc(O)cc1)C(=O)[C@H](OC(C)=O)[C@@H](OC(C)=O)C(=O)N1CCN(c2ccccc2Cl)CC1.CCNCc1ccc(O)cc1.Cc1cccc(O)c1.Cc1cccc(Oc2ccc(CNC(=O)[C@H](O)[C@@H](O)C(=O)N3CCN(c4ccccc4Cl)CC3)cc2)c1.Clc1ccccc1N1CCNCC1.[B]O. The zero-order valence-electron chi connectivity index (χ0n) is 70.1. The number of piperazine rings is 3. The summed E-state index contributed by atoms with van der Waals surface area (Å²) in [5.74, 6) is -5.90. The van der Waals surface area contributed by atoms with Gasteiger partial charge in [-0.2, -0.15) is 0 Å². The molecule has 8 aromatic carbocycles. The zero-order chi connectivity index (χ0) is 91.0. The molecule has 8 aromatic rings. The van der Waals surface area contributed by atoms with Crippen LogP contribution >= 0.6 is 34.8 Å². The summed E-state index contributed by atoms with van der Waals surface area (Å²) in [6.45, 7) is 21.8. The average molecular weight is 1770 g/mol. The predicted molar refractivity (Wildman–Crippen MR) is 467 cm³/mol. The van der Waals surface area contributed by atoms with Crippen molar-refractivity contribution in [2.75, 3.05) is 106 Å². The lowest BCUT2D eigenvalue weighted by Crippen LogP contribution is -2.58. The largest absolute Gasteiger partial charge is 0.508 e. The molecule has 2 radical (unpaired) electrons. The Morgan fingerprint density at radius 1 is 0.484 bits per heavy atom. The average Bonchev–Trinajstić information content (AvgIpc) is 0.991. The van der Waals surface area contributed by atoms with E-state index in [0.29, 0.717) is 72.1 Å². The molecular weight excluding hydrogens is 1660 g/mol. The molecule has 4 heterocycles. The number of phenolic OH excluding ortho intramolecular Hbond substituents is 3. The second kappa shape index (κ2) is 52.5. The van der Waals surface area contributed by atoms with Crippen LogP contribution in [0.1, 0.15) is 69.4 Å². The number of hydrogen-bond donors (Lipinski definition) is 9. The third kappa shape index (κ3) is 33.3. The van der Waals surface area contributed by atoms with Crippen molar-refractivity contribution in [3.63, 3.8) is 0 Å². The number of carbonyl (C=O) groups is 10. The van der Waals surface area contributed by atoms with Gasteiger partial charge >= 0.3 is 35.8 Å². The molecule has 0 unspecified atom stereocenters. The molecule has 4 fully saturated rings. The number of anilines is 3. The first kappa shape index (κ1) is 101. The standard InChI is InChI=1S/C28H30ClN3O5.C27H32ClN3O7.C10H13ClN2.C9H13NO.C8H8O7.C7H8O.BHO/c1-19-5-4-6-22(17-19)37-21-11-9-20(10-12-21)18-30-27(35)25(33)26(34)28(36)32-15-13-31(14-16-32)24-8-3-2-7-23(24)29;1-4-29(17-20-9-11-21(34)12-10-20)26(35)24(37-18(2)32)25(38-19(3)33)27(36)31-15-13-30(14-16-31)23-8-6-5-7-22(23)28;11-9-3-1-2-4-10(9)13-7-5-12-6-8-13;1-2-10-7-8-3-5-9(11)6-4-8;1-3(9)13-5-6(14-4(2)10)8(12)15-7(5)11;1-6-3-2-4-7(8)5-6;1-2/h2-12,17,25-26,33-34H,13-16,18H2,1H3,(H,30,35);5-12,24-25,34H,4,13-17H2,1-3H3;1-4,12H,5-8H2;3-6,10-11H,2,7H2,1H3;5-6H,1-2H3;2-5,8H,1H3;2H/t25-,26-;24-,25-;;;5-,6+;;/m11...../s1. The summed E-state index contributed by atoms with van der Waals surface area (Å²) in [6.07, 6.45) is -10.0. The molecule has 0 saturated carbocycles. The van der Waals surface area contributed by atoms with Crippen LogP contribution in [-0.2, 0) is 91.3 Å². The number of amides is 4. The maximum Gasteiger partial charge on any atom is 0.359 e. The highest BCUT2D eigenvalue weighted by Crippen LogP contribution is 2.31. The van der Waals surface area contributed by atoms with Gasteiger partial charge in [0, 0.05) is 132 Å². The molecule has 6 atom stereocenters. The van der Waals surface area contributed by atoms with Crippen LogP contribution in [-0.4, -0.2) is 241 Å². The Kier molecular flexibility index (Phi) is 42.6. The molecule has 4 saturated heterocycles. The number of hydrogen-bond acceptors (Lipinski definition) is 27. The fraction of sp³-hybridized carbons (Fsp3) is 0.348. The minimum absolute atomic E-state index is 0.0797. The van der Waals surface area contributed by atoms with Crippen LogP contribution in [0.5, 0.6) is 28.7 Å². The predicted octanol–water partition coefficient (Wildman–Crippen LogP) is 8.68. The molecule has 0 aliphatic carbocycles. The molecule has 662 valence electrons. The van der Waals surface area contributed by atoms with Crippen molar-refractivity contribution in [2.24, 2.45) is 0 Å². The van der Waals surface area contributed by atoms with E-state index in [1.807, 2.05) is 122 Å². The number of carbonyl (C=O) groups excluding carboxylic acids is 10. The van der Waals surface area contributed by atoms with Gasteiger partial charge in [-0.15, -0.1) is 0 Å². The van der Waals surface area contributed by atoms with Crippen molar-refractivity contribution in [1.82, 2.24) is 30.7 Å². The van der Waals surface area contributed by atoms with Crippen molar-refractivity contribution < 1.29 is 107 Å². The van der Waals surface area contributed by atoms with Gasteiger partial charge < -0.3 is 104 Å². The van der Waals surface area contributed by atoms with Crippen molar-refractivity contribution in [3.8, 4) is 28.7 Å². The molecule has 124 heavy (non-hydrogen) atoms. The van der Waals surface area contributed by atoms with Crippen molar-refractivity contribution >= 4 is 119 Å². The number of aromatic hydroxyl groups is 3. The third-order valence-corrected chi connectivity index (χ3v) is 19.7. The molecule has 31 nitrogen and oxygen atoms in total. The van der Waals surface area contributed by atoms with E-state index >= 15 is 0 Å². The maximum atomic E-state index is 13.6. The zero-order valence-corrected chi connectivity index (χ0v) is 72.3. The molecular formula is C89H105BCl3N9O22. The van der Waals surface area contributed by atoms with Gasteiger partial charge in [0.1, 0.15) is 28.7 Å². The fourth-order valence-corrected chi connectivity index (χ4v) is 13.3. The summed E-state index contributed by atoms with van der Waals surface area (Å²) in [5.41, 5.74) is 7.75. The van der Waals surface area contributed by atoms with Gasteiger partial charge in [-0.3, -0.25) is 38.4 Å². The van der Waals surface area contributed by atoms with Crippen molar-refractivity contribution in [1.29, 1.82) is 0 Å². The fourth-order valence-electron chi connectivity index (χ4n) is 12.5. The number of nitrogens with one attached hydrogen (secondary N) is 3. The minimum atomic E-state index is -1.88. The molecule has 0 aromatic heterocycles. The summed E-state index contributed by atoms with van der Waals surface area (Å²) in [4.78, 5) is 130. The number of aliphatic hydroxyl groups excluding tert-OH is 2. The Morgan fingerprint density at radius 2 is 0.903 bits per heavy atom. The number of likely N-dealkylation sites (N-methyl/N-ethyl adjacent to an activating group) is 1. The maximum absolute atomic E-state index is 13.6. The Hall–Kier alpha value is -12.0. The van der Waals surface area contributed by atoms with Crippen molar-refractivity contribution in [3.05, 3.63) is 237 Å². The summed E-state index contributed by atoms with van der Waals surface area (Å²) < 4.78 is 29.6. The van der Waals surface area contributed by atoms with Gasteiger partial charge in [0.2, 0.25) is 24.4 Å². The van der Waals surface area contributed by atoms with E-state index in [4.69, 9.17) is 64.3 Å². The number of cyclic esters (lactones) is 2. The number of para-hydroxylation sites is 3. The molecule has 4 aliphatic rings. The van der Waals surface area contributed by atoms with Crippen LogP contribution in [0.2, 0.25) is 15.1 Å². The molecule has 4 amide bonds. The number of benzene rings is 8. The number of rotatable bonds is 23. The Morgan fingerprint density at radius 3 is 1.32 bits per heavy atom. The number of nitrogens with zero attached hydrogens (tertiary/aromatic N) is 6. The van der Waals surface area contributed by atoms with Gasteiger partial charge in [0.15, 0.2) is 12.2 Å². The van der Waals surface area contributed by atoms with E-state index in [2.05, 4.69) is 61.0 Å². The van der Waals surface area contributed by atoms with Crippen LogP contribution in [0.4, 0.5) is 17.1 Å². The van der Waals surface area contributed by atoms with E-state index in [1.165, 1.54) is 32.4 Å². The Labute approximate surface area is 736 Å². The van der Waals surface area contributed by atoms with Gasteiger partial charge in [-0.25, -0.2) is 9.59 Å². The number of aryl methyl sites for hydroxylation is 2. The third-order valence-electron chi connectivity index (χ3n) is 18.7. The molecule has 9 N–H and O–H groups in total. The second-order valence-electron chi connectivity index (χ2n) is 28.1. The first-order chi connectivity index (χ1) is 59.3. The summed E-state index contributed by atoms with van der Waals surface area (Å²) in [7, 11) is 3.50. The van der Waals surface area contributed by atoms with E-state index < -0.39 is 96.1 Å². The lowest BCUT2D eigenvalue weighted by Gasteiger charge is -2.38. The lowest BCUT2D eigenvalue weighted by molar-refractivity contribution is -0.181. The van der Waals surface area contributed by atoms with E-state index in [1.54, 1.807) is 79.7 Å². The van der Waals surface area contributed by atoms with E-state index in [0.717, 1.165) is 111 Å². The van der Waals surface area contributed by atoms with Crippen LogP contribution < -0.4 is 35.4 Å². The Bertz CT molecular complexity index is 4720. The van der Waals surface area contributed by atoms with Crippen LogP contribution in [0.15, 0.2) is 194 Å². The molecule has 0 bridgehead atoms. The number of phenols is 3. The first-order valence-electron chi connectivity index (χ1n) is 39.6. The quantitative estimate of drug-likeness (QED) is 0.0125. The molecule has 35 heteroatoms. The highest BCUT2D eigenvalue weighted by Gasteiger charge is 2.50. The van der Waals surface area contributed by atoms with E-state index in [-0.39, 0.29) is 38.5 Å². The number of ether oxygens (including phenoxy) is 6. The summed E-state index contributed by atoms with van der Waals surface area (Å²) >= 11 is 18.7. The number of esters is 6. The second-order valence-corrected chi connectivity index (χ2v) is 29.3. The van der Waals surface area contributed by atoms with E-state index in [9.17, 15) is 63.3 Å². The van der Waals surface area contributed by atoms with Gasteiger partial charge in [-0.05, 0) is 152 Å². The highest BCUT2D eigenvalue weighted by molar-refractivity contribution is 6.34. The molecule has 0 spiro atoms. The summed E-state index contributed by atoms with van der Waals surface area (Å²) in [6, 6.07) is 58.4. The highest BCUT2D eigenvalue weighted by atomic mass is 35.5. The monoisotopic (exact) mass is 1770 g/mol. The molecule has 12 rings (SSSR count). The number of halogens is 3. The van der Waals surface area contributed by atoms with Crippen molar-refractivity contribution in [2.45, 2.75) is 112 Å². The van der Waals surface area contributed by atoms with Crippen LogP contribution in [0, 0.1) is 13.8 Å². The molecule has 4 aliphatic heterocycles. The van der Waals surface area contributed by atoms with Gasteiger partial charge in [0.05, 0.1) is 32.1 Å².